The minimum Gasteiger partial charge on any atom is -0.373 e. The number of aryl methyl sites for hydroxylation is 1. The number of nitrogens with one attached hydrogen (secondary N) is 1. The topological polar surface area (TPSA) is 70.6 Å². The van der Waals surface area contributed by atoms with Crippen LogP contribution in [0.2, 0.25) is 0 Å². The van der Waals surface area contributed by atoms with Gasteiger partial charge in [0.1, 0.15) is 11.7 Å². The quantitative estimate of drug-likeness (QED) is 0.807. The summed E-state index contributed by atoms with van der Waals surface area (Å²) in [5, 5.41) is 3.33. The highest BCUT2D eigenvalue weighted by molar-refractivity contribution is 6.04. The second kappa shape index (κ2) is 7.79. The van der Waals surface area contributed by atoms with Gasteiger partial charge in [0.2, 0.25) is 11.9 Å². The van der Waals surface area contributed by atoms with Gasteiger partial charge in [0.25, 0.3) is 0 Å². The lowest BCUT2D eigenvalue weighted by molar-refractivity contribution is -0.119. The molecule has 1 fully saturated rings. The molecule has 2 aromatic rings. The van der Waals surface area contributed by atoms with Crippen LogP contribution in [0.1, 0.15) is 31.0 Å². The lowest BCUT2D eigenvalue weighted by Gasteiger charge is -2.38. The molecule has 1 aromatic heterocycles. The highest BCUT2D eigenvalue weighted by Gasteiger charge is 2.35. The zero-order chi connectivity index (χ0) is 21.6. The van der Waals surface area contributed by atoms with E-state index in [2.05, 4.69) is 15.3 Å². The Kier molecular flexibility index (Phi) is 5.31. The second-order valence-corrected chi connectivity index (χ2v) is 7.98. The number of likely N-dealkylation sites (N-methyl/N-ethyl adjacent to an activating group) is 2. The minimum atomic E-state index is -0.865. The van der Waals surface area contributed by atoms with Gasteiger partial charge in [-0.1, -0.05) is 6.07 Å². The molecule has 0 radical (unpaired) electrons. The van der Waals surface area contributed by atoms with Crippen LogP contribution >= 0.6 is 0 Å². The summed E-state index contributed by atoms with van der Waals surface area (Å²) in [5.41, 5.74) is 2.07. The fraction of sp³-hybridized carbons (Fsp3) is 0.476. The molecule has 7 nitrogen and oxygen atoms in total. The summed E-state index contributed by atoms with van der Waals surface area (Å²) in [7, 11) is 3.60. The molecule has 0 unspecified atom stereocenters. The summed E-state index contributed by atoms with van der Waals surface area (Å²) < 4.78 is 32.0. The van der Waals surface area contributed by atoms with Gasteiger partial charge < -0.3 is 19.9 Å². The van der Waals surface area contributed by atoms with Crippen molar-refractivity contribution in [3.63, 3.8) is 0 Å². The van der Waals surface area contributed by atoms with Crippen molar-refractivity contribution in [2.45, 2.75) is 51.5 Å². The lowest BCUT2D eigenvalue weighted by atomic mass is 9.89. The smallest absolute Gasteiger partial charge is 0.249 e. The van der Waals surface area contributed by atoms with Crippen LogP contribution < -0.4 is 15.1 Å². The van der Waals surface area contributed by atoms with Crippen LogP contribution in [0.4, 0.5) is 26.2 Å². The van der Waals surface area contributed by atoms with Gasteiger partial charge in [-0.2, -0.15) is 4.98 Å². The van der Waals surface area contributed by atoms with Crippen molar-refractivity contribution >= 4 is 23.4 Å². The van der Waals surface area contributed by atoms with Crippen LogP contribution in [-0.4, -0.2) is 48.2 Å². The monoisotopic (exact) mass is 417 g/mol. The van der Waals surface area contributed by atoms with E-state index in [4.69, 9.17) is 4.74 Å². The standard InChI is InChI=1S/C21H25F2N5O2/c1-11-18-19(27(3)12(2)20(29)28(18)4)26-21(24-11)25-14-8-15(9-14)30-10-13-5-6-16(22)17(23)7-13/h5-7,12,14-15H,8-10H2,1-4H3,(H,24,25,26)/t12-,14?,15?/m0/s1. The Labute approximate surface area is 174 Å². The fourth-order valence-electron chi connectivity index (χ4n) is 3.84. The molecule has 4 rings (SSSR count). The molecular formula is C21H25F2N5O2. The highest BCUT2D eigenvalue weighted by atomic mass is 19.2. The summed E-state index contributed by atoms with van der Waals surface area (Å²) in [6.45, 7) is 3.97. The maximum atomic E-state index is 13.3. The van der Waals surface area contributed by atoms with E-state index in [0.29, 0.717) is 11.5 Å². The molecule has 30 heavy (non-hydrogen) atoms. The van der Waals surface area contributed by atoms with E-state index in [0.717, 1.165) is 42.2 Å². The molecule has 2 heterocycles. The van der Waals surface area contributed by atoms with Crippen LogP contribution in [0, 0.1) is 18.6 Å². The van der Waals surface area contributed by atoms with Crippen molar-refractivity contribution < 1.29 is 18.3 Å². The Morgan fingerprint density at radius 3 is 2.63 bits per heavy atom. The number of halogens is 2. The number of ether oxygens (including phenoxy) is 1. The summed E-state index contributed by atoms with van der Waals surface area (Å²) in [6.07, 6.45) is 1.59. The number of rotatable bonds is 5. The first kappa shape index (κ1) is 20.5. The summed E-state index contributed by atoms with van der Waals surface area (Å²) in [6, 6.07) is 3.67. The normalized spacial score (nSPS) is 23.3. The van der Waals surface area contributed by atoms with E-state index in [1.54, 1.807) is 11.9 Å². The maximum absolute atomic E-state index is 13.3. The number of hydrogen-bond donors (Lipinski definition) is 1. The summed E-state index contributed by atoms with van der Waals surface area (Å²) >= 11 is 0. The zero-order valence-corrected chi connectivity index (χ0v) is 17.4. The van der Waals surface area contributed by atoms with Gasteiger partial charge in [-0.3, -0.25) is 4.79 Å². The van der Waals surface area contributed by atoms with E-state index in [-0.39, 0.29) is 30.7 Å². The zero-order valence-electron chi connectivity index (χ0n) is 17.4. The first-order valence-corrected chi connectivity index (χ1v) is 9.95. The molecule has 0 spiro atoms. The molecule has 1 atom stereocenters. The average molecular weight is 417 g/mol. The van der Waals surface area contributed by atoms with Gasteiger partial charge in [0.15, 0.2) is 17.5 Å². The molecule has 0 bridgehead atoms. The predicted molar refractivity (Wildman–Crippen MR) is 110 cm³/mol. The van der Waals surface area contributed by atoms with E-state index < -0.39 is 11.6 Å². The van der Waals surface area contributed by atoms with Crippen LogP contribution in [0.25, 0.3) is 0 Å². The molecule has 1 aromatic carbocycles. The fourth-order valence-corrected chi connectivity index (χ4v) is 3.84. The van der Waals surface area contributed by atoms with Gasteiger partial charge in [0, 0.05) is 20.1 Å². The molecule has 1 saturated carbocycles. The van der Waals surface area contributed by atoms with Crippen LogP contribution in [0.5, 0.6) is 0 Å². The van der Waals surface area contributed by atoms with Gasteiger partial charge in [0.05, 0.1) is 18.4 Å². The molecule has 9 heteroatoms. The number of carbonyl (C=O) groups is 1. The highest BCUT2D eigenvalue weighted by Crippen LogP contribution is 2.36. The van der Waals surface area contributed by atoms with Gasteiger partial charge >= 0.3 is 0 Å². The van der Waals surface area contributed by atoms with E-state index in [1.165, 1.54) is 6.07 Å². The third kappa shape index (κ3) is 3.69. The molecule has 2 aliphatic rings. The van der Waals surface area contributed by atoms with E-state index in [1.807, 2.05) is 25.8 Å². The Morgan fingerprint density at radius 1 is 1.20 bits per heavy atom. The van der Waals surface area contributed by atoms with Gasteiger partial charge in [-0.25, -0.2) is 13.8 Å². The van der Waals surface area contributed by atoms with Crippen LogP contribution in [0.3, 0.4) is 0 Å². The van der Waals surface area contributed by atoms with Crippen molar-refractivity contribution in [1.82, 2.24) is 9.97 Å². The summed E-state index contributed by atoms with van der Waals surface area (Å²) in [5.74, 6) is -0.460. The van der Waals surface area contributed by atoms with Crippen molar-refractivity contribution in [2.75, 3.05) is 29.2 Å². The number of carbonyl (C=O) groups excluding carboxylic acids is 1. The Hall–Kier alpha value is -2.81. The SMILES string of the molecule is Cc1nc(NC2CC(OCc3ccc(F)c(F)c3)C2)nc2c1N(C)C(=O)[C@H](C)N2C. The number of nitrogens with zero attached hydrogens (tertiary/aromatic N) is 4. The number of fused-ring (bicyclic) bond motifs is 1. The summed E-state index contributed by atoms with van der Waals surface area (Å²) in [4.78, 5) is 25.0. The maximum Gasteiger partial charge on any atom is 0.249 e. The first-order chi connectivity index (χ1) is 14.2. The Morgan fingerprint density at radius 2 is 1.93 bits per heavy atom. The van der Waals surface area contributed by atoms with Crippen LogP contribution in [-0.2, 0) is 16.1 Å². The van der Waals surface area contributed by atoms with E-state index in [9.17, 15) is 13.6 Å². The third-order valence-electron chi connectivity index (χ3n) is 5.88. The molecular weight excluding hydrogens is 392 g/mol. The van der Waals surface area contributed by atoms with E-state index >= 15 is 0 Å². The Balaban J connectivity index is 1.36. The molecule has 1 aliphatic heterocycles. The van der Waals surface area contributed by atoms with Gasteiger partial charge in [-0.15, -0.1) is 0 Å². The number of anilines is 3. The molecule has 160 valence electrons. The number of aromatic nitrogens is 2. The number of hydrogen-bond acceptors (Lipinski definition) is 6. The van der Waals surface area contributed by atoms with Crippen molar-refractivity contribution in [3.8, 4) is 0 Å². The minimum absolute atomic E-state index is 0.0115. The van der Waals surface area contributed by atoms with Crippen molar-refractivity contribution in [3.05, 3.63) is 41.1 Å². The largest absolute Gasteiger partial charge is 0.373 e. The molecule has 1 aliphatic carbocycles. The molecule has 1 amide bonds. The van der Waals surface area contributed by atoms with Crippen LogP contribution in [0.15, 0.2) is 18.2 Å². The lowest BCUT2D eigenvalue weighted by Crippen LogP contribution is -2.50. The molecule has 1 N–H and O–H groups in total. The molecule has 0 saturated heterocycles. The number of benzene rings is 1. The second-order valence-electron chi connectivity index (χ2n) is 7.98. The predicted octanol–water partition coefficient (Wildman–Crippen LogP) is 3.02. The van der Waals surface area contributed by atoms with Gasteiger partial charge in [-0.05, 0) is 44.4 Å². The van der Waals surface area contributed by atoms with Crippen molar-refractivity contribution in [1.29, 1.82) is 0 Å². The third-order valence-corrected chi connectivity index (χ3v) is 5.88. The van der Waals surface area contributed by atoms with Crippen molar-refractivity contribution in [2.24, 2.45) is 0 Å². The Bertz CT molecular complexity index is 980. The average Bonchev–Trinajstić information content (AvgIpc) is 2.68. The number of amides is 1. The first-order valence-electron chi connectivity index (χ1n) is 9.95.